The van der Waals surface area contributed by atoms with Crippen LogP contribution in [0.5, 0.6) is 5.75 Å². The largest absolute Gasteiger partial charge is 0.491 e. The molecule has 100 valence electrons. The molecule has 0 fully saturated rings. The highest BCUT2D eigenvalue weighted by Gasteiger charge is 2.14. The number of nitro groups is 1. The first kappa shape index (κ1) is 15.4. The second-order valence-electron chi connectivity index (χ2n) is 3.55. The summed E-state index contributed by atoms with van der Waals surface area (Å²) in [6.07, 6.45) is 0.879. The molecular weight excluding hydrogens is 368 g/mol. The van der Waals surface area contributed by atoms with E-state index in [2.05, 4.69) is 37.2 Å². The number of hydrogen-bond acceptors (Lipinski definition) is 4. The van der Waals surface area contributed by atoms with Gasteiger partial charge in [0.05, 0.1) is 20.5 Å². The van der Waals surface area contributed by atoms with Crippen LogP contribution >= 0.6 is 31.9 Å². The summed E-state index contributed by atoms with van der Waals surface area (Å²) >= 11 is 6.55. The fourth-order valence-electron chi connectivity index (χ4n) is 1.34. The lowest BCUT2D eigenvalue weighted by molar-refractivity contribution is -0.385. The van der Waals surface area contributed by atoms with Crippen LogP contribution in [-0.2, 0) is 0 Å². The van der Waals surface area contributed by atoms with E-state index in [1.807, 2.05) is 6.92 Å². The Morgan fingerprint density at radius 2 is 2.00 bits per heavy atom. The van der Waals surface area contributed by atoms with Crippen molar-refractivity contribution < 1.29 is 9.66 Å². The van der Waals surface area contributed by atoms with Gasteiger partial charge in [-0.3, -0.25) is 10.1 Å². The summed E-state index contributed by atoms with van der Waals surface area (Å²) in [7, 11) is 0. The molecular formula is C11H14Br2N2O3. The van der Waals surface area contributed by atoms with E-state index in [-0.39, 0.29) is 5.69 Å². The van der Waals surface area contributed by atoms with Gasteiger partial charge >= 0.3 is 0 Å². The van der Waals surface area contributed by atoms with Crippen molar-refractivity contribution in [2.75, 3.05) is 19.7 Å². The number of nitrogens with one attached hydrogen (secondary N) is 1. The van der Waals surface area contributed by atoms with Crippen LogP contribution < -0.4 is 10.1 Å². The van der Waals surface area contributed by atoms with E-state index in [4.69, 9.17) is 4.74 Å². The van der Waals surface area contributed by atoms with Crippen LogP contribution in [0.25, 0.3) is 0 Å². The molecule has 1 N–H and O–H groups in total. The molecule has 0 heterocycles. The third kappa shape index (κ3) is 4.55. The van der Waals surface area contributed by atoms with Gasteiger partial charge in [0.25, 0.3) is 5.69 Å². The lowest BCUT2D eigenvalue weighted by Crippen LogP contribution is -2.16. The van der Waals surface area contributed by atoms with Crippen molar-refractivity contribution in [1.82, 2.24) is 5.32 Å². The number of benzene rings is 1. The minimum absolute atomic E-state index is 0.0220. The fraction of sp³-hybridized carbons (Fsp3) is 0.455. The minimum atomic E-state index is -0.440. The SMILES string of the molecule is CCNCCCOc1c(Br)cc([N+](=O)[O-])cc1Br. The highest BCUT2D eigenvalue weighted by Crippen LogP contribution is 2.37. The van der Waals surface area contributed by atoms with Gasteiger partial charge in [0.2, 0.25) is 0 Å². The molecule has 0 spiro atoms. The van der Waals surface area contributed by atoms with Gasteiger partial charge < -0.3 is 10.1 Å². The van der Waals surface area contributed by atoms with E-state index in [0.717, 1.165) is 19.5 Å². The number of nitrogens with zero attached hydrogens (tertiary/aromatic N) is 1. The molecule has 0 amide bonds. The summed E-state index contributed by atoms with van der Waals surface area (Å²) in [6, 6.07) is 2.87. The van der Waals surface area contributed by atoms with Gasteiger partial charge in [0.1, 0.15) is 5.75 Å². The zero-order valence-corrected chi connectivity index (χ0v) is 13.1. The minimum Gasteiger partial charge on any atom is -0.491 e. The summed E-state index contributed by atoms with van der Waals surface area (Å²) in [5.74, 6) is 0.595. The lowest BCUT2D eigenvalue weighted by Gasteiger charge is -2.10. The average molecular weight is 382 g/mol. The van der Waals surface area contributed by atoms with Crippen molar-refractivity contribution in [3.05, 3.63) is 31.2 Å². The van der Waals surface area contributed by atoms with E-state index in [1.165, 1.54) is 12.1 Å². The zero-order chi connectivity index (χ0) is 13.5. The molecule has 0 unspecified atom stereocenters. The molecule has 0 saturated carbocycles. The number of hydrogen-bond donors (Lipinski definition) is 1. The summed E-state index contributed by atoms with van der Waals surface area (Å²) in [5.41, 5.74) is 0.0220. The summed E-state index contributed by atoms with van der Waals surface area (Å²) in [5, 5.41) is 13.9. The number of nitro benzene ring substituents is 1. The van der Waals surface area contributed by atoms with Crippen LogP contribution in [0, 0.1) is 10.1 Å². The van der Waals surface area contributed by atoms with Crippen LogP contribution in [0.3, 0.4) is 0 Å². The highest BCUT2D eigenvalue weighted by molar-refractivity contribution is 9.11. The number of rotatable bonds is 7. The van der Waals surface area contributed by atoms with Crippen molar-refractivity contribution in [3.63, 3.8) is 0 Å². The maximum absolute atomic E-state index is 10.7. The third-order valence-electron chi connectivity index (χ3n) is 2.19. The Morgan fingerprint density at radius 3 is 2.50 bits per heavy atom. The Bertz CT molecular complexity index is 404. The Labute approximate surface area is 122 Å². The quantitative estimate of drug-likeness (QED) is 0.446. The molecule has 0 atom stereocenters. The standard InChI is InChI=1S/C11H14Br2N2O3/c1-2-14-4-3-5-18-11-9(12)6-8(15(16)17)7-10(11)13/h6-7,14H,2-5H2,1H3. The first-order valence-corrected chi connectivity index (χ1v) is 7.11. The van der Waals surface area contributed by atoms with Gasteiger partial charge in [-0.2, -0.15) is 0 Å². The van der Waals surface area contributed by atoms with Crippen LogP contribution in [0.15, 0.2) is 21.1 Å². The molecule has 0 bridgehead atoms. The van der Waals surface area contributed by atoms with Crippen LogP contribution in [0.4, 0.5) is 5.69 Å². The normalized spacial score (nSPS) is 10.4. The smallest absolute Gasteiger partial charge is 0.271 e. The average Bonchev–Trinajstić information content (AvgIpc) is 2.31. The van der Waals surface area contributed by atoms with Crippen molar-refractivity contribution >= 4 is 37.5 Å². The van der Waals surface area contributed by atoms with Crippen molar-refractivity contribution in [3.8, 4) is 5.75 Å². The maximum atomic E-state index is 10.7. The Morgan fingerprint density at radius 1 is 1.39 bits per heavy atom. The Kier molecular flexibility index (Phi) is 6.59. The topological polar surface area (TPSA) is 64.4 Å². The third-order valence-corrected chi connectivity index (χ3v) is 3.37. The van der Waals surface area contributed by atoms with E-state index in [0.29, 0.717) is 21.3 Å². The fourth-order valence-corrected chi connectivity index (χ4v) is 2.73. The van der Waals surface area contributed by atoms with Crippen molar-refractivity contribution in [2.45, 2.75) is 13.3 Å². The molecule has 5 nitrogen and oxygen atoms in total. The molecule has 0 saturated heterocycles. The highest BCUT2D eigenvalue weighted by atomic mass is 79.9. The number of ether oxygens (including phenoxy) is 1. The van der Waals surface area contributed by atoms with Crippen LogP contribution in [-0.4, -0.2) is 24.6 Å². The predicted molar refractivity (Wildman–Crippen MR) is 77.2 cm³/mol. The first-order valence-electron chi connectivity index (χ1n) is 5.53. The van der Waals surface area contributed by atoms with Gasteiger partial charge in [-0.1, -0.05) is 6.92 Å². The number of non-ortho nitro benzene ring substituents is 1. The lowest BCUT2D eigenvalue weighted by atomic mass is 10.3. The van der Waals surface area contributed by atoms with Gasteiger partial charge in [-0.05, 0) is 51.4 Å². The number of halogens is 2. The molecule has 1 aromatic rings. The maximum Gasteiger partial charge on any atom is 0.271 e. The van der Waals surface area contributed by atoms with E-state index < -0.39 is 4.92 Å². The van der Waals surface area contributed by atoms with Crippen LogP contribution in [0.2, 0.25) is 0 Å². The first-order chi connectivity index (χ1) is 8.56. The van der Waals surface area contributed by atoms with Gasteiger partial charge in [0, 0.05) is 12.1 Å². The van der Waals surface area contributed by atoms with Gasteiger partial charge in [-0.15, -0.1) is 0 Å². The molecule has 0 aliphatic rings. The molecule has 0 radical (unpaired) electrons. The van der Waals surface area contributed by atoms with Gasteiger partial charge in [0.15, 0.2) is 0 Å². The van der Waals surface area contributed by atoms with Gasteiger partial charge in [-0.25, -0.2) is 0 Å². The predicted octanol–water partition coefficient (Wildman–Crippen LogP) is 3.50. The monoisotopic (exact) mass is 380 g/mol. The van der Waals surface area contributed by atoms with E-state index >= 15 is 0 Å². The van der Waals surface area contributed by atoms with Crippen LogP contribution in [0.1, 0.15) is 13.3 Å². The van der Waals surface area contributed by atoms with Crippen molar-refractivity contribution in [1.29, 1.82) is 0 Å². The Balaban J connectivity index is 2.63. The Hall–Kier alpha value is -0.660. The molecule has 0 aliphatic heterocycles. The van der Waals surface area contributed by atoms with E-state index in [9.17, 15) is 10.1 Å². The second kappa shape index (κ2) is 7.70. The second-order valence-corrected chi connectivity index (χ2v) is 5.26. The molecule has 0 aliphatic carbocycles. The van der Waals surface area contributed by atoms with E-state index in [1.54, 1.807) is 0 Å². The zero-order valence-electron chi connectivity index (χ0n) is 9.91. The molecule has 1 rings (SSSR count). The molecule has 18 heavy (non-hydrogen) atoms. The summed E-state index contributed by atoms with van der Waals surface area (Å²) < 4.78 is 6.74. The molecule has 1 aromatic carbocycles. The van der Waals surface area contributed by atoms with Crippen molar-refractivity contribution in [2.24, 2.45) is 0 Å². The summed E-state index contributed by atoms with van der Waals surface area (Å²) in [4.78, 5) is 10.2. The summed E-state index contributed by atoms with van der Waals surface area (Å²) in [6.45, 7) is 4.43. The molecule has 7 heteroatoms. The molecule has 0 aromatic heterocycles.